The zero-order chi connectivity index (χ0) is 15.0. The minimum Gasteiger partial charge on any atom is -0.480 e. The van der Waals surface area contributed by atoms with Crippen molar-refractivity contribution in [1.82, 2.24) is 5.32 Å². The molecule has 0 aliphatic rings. The topological polar surface area (TPSA) is 66.4 Å². The van der Waals surface area contributed by atoms with E-state index in [0.717, 1.165) is 16.9 Å². The van der Waals surface area contributed by atoms with Gasteiger partial charge in [0, 0.05) is 6.42 Å². The molecule has 0 fully saturated rings. The summed E-state index contributed by atoms with van der Waals surface area (Å²) in [7, 11) is 0. The molecule has 0 aliphatic heterocycles. The van der Waals surface area contributed by atoms with Crippen molar-refractivity contribution in [2.45, 2.75) is 32.2 Å². The molecule has 0 radical (unpaired) electrons. The van der Waals surface area contributed by atoms with E-state index < -0.39 is 12.0 Å². The van der Waals surface area contributed by atoms with Crippen LogP contribution in [0.15, 0.2) is 24.3 Å². The van der Waals surface area contributed by atoms with Gasteiger partial charge < -0.3 is 10.4 Å². The first-order chi connectivity index (χ1) is 9.54. The third-order valence-corrected chi connectivity index (χ3v) is 3.77. The van der Waals surface area contributed by atoms with Gasteiger partial charge in [-0.15, -0.1) is 0 Å². The quantitative estimate of drug-likeness (QED) is 0.772. The van der Waals surface area contributed by atoms with Crippen molar-refractivity contribution in [2.24, 2.45) is 0 Å². The fourth-order valence-electron chi connectivity index (χ4n) is 1.90. The standard InChI is InChI=1S/C15H21NO3S/c1-11-5-3-4-6-12(11)7-8-14(17)16-13(15(18)19)9-10-20-2/h3-6,13H,7-10H2,1-2H3,(H,16,17)(H,18,19). The molecule has 0 saturated carbocycles. The van der Waals surface area contributed by atoms with E-state index >= 15 is 0 Å². The molecule has 0 saturated heterocycles. The van der Waals surface area contributed by atoms with Crippen LogP contribution in [0.1, 0.15) is 24.0 Å². The number of carbonyl (C=O) groups is 2. The number of benzene rings is 1. The molecule has 5 heteroatoms. The van der Waals surface area contributed by atoms with Crippen molar-refractivity contribution < 1.29 is 14.7 Å². The Morgan fingerprint density at radius 3 is 2.65 bits per heavy atom. The lowest BCUT2D eigenvalue weighted by atomic mass is 10.0. The van der Waals surface area contributed by atoms with Crippen molar-refractivity contribution in [3.8, 4) is 0 Å². The Kier molecular flexibility index (Phi) is 7.15. The predicted octanol–water partition coefficient (Wildman–Crippen LogP) is 2.25. The maximum Gasteiger partial charge on any atom is 0.326 e. The SMILES string of the molecule is CSCCC(NC(=O)CCc1ccccc1C)C(=O)O. The lowest BCUT2D eigenvalue weighted by molar-refractivity contribution is -0.141. The predicted molar refractivity (Wildman–Crippen MR) is 82.1 cm³/mol. The maximum atomic E-state index is 11.8. The number of carbonyl (C=O) groups excluding carboxylic acids is 1. The van der Waals surface area contributed by atoms with Gasteiger partial charge in [0.1, 0.15) is 6.04 Å². The highest BCUT2D eigenvalue weighted by atomic mass is 32.2. The van der Waals surface area contributed by atoms with Gasteiger partial charge in [0.25, 0.3) is 0 Å². The van der Waals surface area contributed by atoms with Gasteiger partial charge in [-0.05, 0) is 42.9 Å². The average Bonchev–Trinajstić information content (AvgIpc) is 2.42. The fourth-order valence-corrected chi connectivity index (χ4v) is 2.37. The van der Waals surface area contributed by atoms with Gasteiger partial charge in [-0.1, -0.05) is 24.3 Å². The van der Waals surface area contributed by atoms with E-state index in [-0.39, 0.29) is 5.91 Å². The molecule has 1 unspecified atom stereocenters. The first-order valence-corrected chi connectivity index (χ1v) is 7.99. The molecule has 1 rings (SSSR count). The molecule has 110 valence electrons. The Morgan fingerprint density at radius 1 is 1.35 bits per heavy atom. The lowest BCUT2D eigenvalue weighted by Gasteiger charge is -2.14. The number of carboxylic acid groups (broad SMARTS) is 1. The van der Waals surface area contributed by atoms with Gasteiger partial charge in [-0.2, -0.15) is 11.8 Å². The largest absolute Gasteiger partial charge is 0.480 e. The average molecular weight is 295 g/mol. The van der Waals surface area contributed by atoms with Crippen LogP contribution in [0.4, 0.5) is 0 Å². The molecule has 0 aromatic heterocycles. The van der Waals surface area contributed by atoms with E-state index in [1.807, 2.05) is 37.4 Å². The summed E-state index contributed by atoms with van der Waals surface area (Å²) < 4.78 is 0. The number of nitrogens with one attached hydrogen (secondary N) is 1. The second-order valence-corrected chi connectivity index (χ2v) is 5.65. The van der Waals surface area contributed by atoms with E-state index in [0.29, 0.717) is 19.3 Å². The number of aryl methyl sites for hydroxylation is 2. The summed E-state index contributed by atoms with van der Waals surface area (Å²) in [6, 6.07) is 7.11. The number of carboxylic acids is 1. The molecule has 1 amide bonds. The van der Waals surface area contributed by atoms with Crippen molar-refractivity contribution in [3.63, 3.8) is 0 Å². The number of rotatable bonds is 8. The zero-order valence-corrected chi connectivity index (χ0v) is 12.7. The van der Waals surface area contributed by atoms with E-state index in [2.05, 4.69) is 5.32 Å². The van der Waals surface area contributed by atoms with Crippen LogP contribution in [-0.4, -0.2) is 35.0 Å². The zero-order valence-electron chi connectivity index (χ0n) is 11.9. The minimum atomic E-state index is -0.969. The molecule has 1 aromatic carbocycles. The summed E-state index contributed by atoms with van der Waals surface area (Å²) in [5.41, 5.74) is 2.27. The number of aliphatic carboxylic acids is 1. The maximum absolute atomic E-state index is 11.8. The molecule has 0 heterocycles. The highest BCUT2D eigenvalue weighted by Crippen LogP contribution is 2.09. The summed E-state index contributed by atoms with van der Waals surface area (Å²) >= 11 is 1.57. The Bertz CT molecular complexity index is 462. The third-order valence-electron chi connectivity index (χ3n) is 3.13. The van der Waals surface area contributed by atoms with Crippen LogP contribution in [-0.2, 0) is 16.0 Å². The van der Waals surface area contributed by atoms with Crippen LogP contribution < -0.4 is 5.32 Å². The van der Waals surface area contributed by atoms with E-state index in [4.69, 9.17) is 5.11 Å². The smallest absolute Gasteiger partial charge is 0.326 e. The van der Waals surface area contributed by atoms with E-state index in [1.165, 1.54) is 0 Å². The van der Waals surface area contributed by atoms with E-state index in [1.54, 1.807) is 11.8 Å². The van der Waals surface area contributed by atoms with E-state index in [9.17, 15) is 9.59 Å². The van der Waals surface area contributed by atoms with Crippen molar-refractivity contribution in [3.05, 3.63) is 35.4 Å². The van der Waals surface area contributed by atoms with Crippen LogP contribution in [0.3, 0.4) is 0 Å². The fraction of sp³-hybridized carbons (Fsp3) is 0.467. The van der Waals surface area contributed by atoms with Gasteiger partial charge in [0.15, 0.2) is 0 Å². The minimum absolute atomic E-state index is 0.207. The number of hydrogen-bond donors (Lipinski definition) is 2. The Hall–Kier alpha value is -1.49. The van der Waals surface area contributed by atoms with Gasteiger partial charge in [-0.25, -0.2) is 4.79 Å². The summed E-state index contributed by atoms with van der Waals surface area (Å²) in [5, 5.41) is 11.6. The number of thioether (sulfide) groups is 1. The summed E-state index contributed by atoms with van der Waals surface area (Å²) in [6.07, 6.45) is 3.31. The highest BCUT2D eigenvalue weighted by molar-refractivity contribution is 7.98. The number of hydrogen-bond acceptors (Lipinski definition) is 3. The summed E-state index contributed by atoms with van der Waals surface area (Å²) in [4.78, 5) is 22.9. The van der Waals surface area contributed by atoms with Crippen LogP contribution in [0.25, 0.3) is 0 Å². The van der Waals surface area contributed by atoms with Gasteiger partial charge in [0.05, 0.1) is 0 Å². The molecule has 0 bridgehead atoms. The van der Waals surface area contributed by atoms with Gasteiger partial charge >= 0.3 is 5.97 Å². The molecule has 0 aliphatic carbocycles. The van der Waals surface area contributed by atoms with Crippen LogP contribution in [0.2, 0.25) is 0 Å². The van der Waals surface area contributed by atoms with Crippen molar-refractivity contribution in [2.75, 3.05) is 12.0 Å². The molecule has 4 nitrogen and oxygen atoms in total. The Balaban J connectivity index is 2.46. The summed E-state index contributed by atoms with van der Waals surface area (Å²) in [6.45, 7) is 2.01. The first kappa shape index (κ1) is 16.6. The second-order valence-electron chi connectivity index (χ2n) is 4.67. The number of amides is 1. The molecule has 0 spiro atoms. The molecule has 20 heavy (non-hydrogen) atoms. The second kappa shape index (κ2) is 8.64. The van der Waals surface area contributed by atoms with Crippen molar-refractivity contribution in [1.29, 1.82) is 0 Å². The Morgan fingerprint density at radius 2 is 2.05 bits per heavy atom. The third kappa shape index (κ3) is 5.65. The lowest BCUT2D eigenvalue weighted by Crippen LogP contribution is -2.41. The first-order valence-electron chi connectivity index (χ1n) is 6.60. The Labute approximate surface area is 124 Å². The molecule has 1 aromatic rings. The molecular formula is C15H21NO3S. The van der Waals surface area contributed by atoms with Crippen LogP contribution >= 0.6 is 11.8 Å². The van der Waals surface area contributed by atoms with Gasteiger partial charge in [0.2, 0.25) is 5.91 Å². The normalized spacial score (nSPS) is 11.9. The monoisotopic (exact) mass is 295 g/mol. The summed E-state index contributed by atoms with van der Waals surface area (Å²) in [5.74, 6) is -0.459. The van der Waals surface area contributed by atoms with Crippen molar-refractivity contribution >= 4 is 23.6 Å². The molecular weight excluding hydrogens is 274 g/mol. The van der Waals surface area contributed by atoms with Crippen LogP contribution in [0, 0.1) is 6.92 Å². The molecule has 1 atom stereocenters. The van der Waals surface area contributed by atoms with Gasteiger partial charge in [-0.3, -0.25) is 4.79 Å². The molecule has 2 N–H and O–H groups in total. The highest BCUT2D eigenvalue weighted by Gasteiger charge is 2.19. The van der Waals surface area contributed by atoms with Crippen LogP contribution in [0.5, 0.6) is 0 Å².